The van der Waals surface area contributed by atoms with Gasteiger partial charge in [0, 0.05) is 18.4 Å². The second-order valence-electron chi connectivity index (χ2n) is 5.80. The van der Waals surface area contributed by atoms with Crippen molar-refractivity contribution in [1.82, 2.24) is 15.1 Å². The molecule has 0 radical (unpaired) electrons. The summed E-state index contributed by atoms with van der Waals surface area (Å²) in [5, 5.41) is 16.3. The van der Waals surface area contributed by atoms with Crippen molar-refractivity contribution in [2.24, 2.45) is 0 Å². The van der Waals surface area contributed by atoms with E-state index in [-0.39, 0.29) is 30.9 Å². The number of aliphatic hydroxyl groups is 1. The molecule has 1 aromatic heterocycles. The number of nitrogens with one attached hydrogen (secondary N) is 1. The number of alkyl halides is 3. The molecule has 0 saturated carbocycles. The normalized spacial score (nSPS) is 21.2. The minimum Gasteiger partial charge on any atom is -0.391 e. The average molecular weight is 339 g/mol. The molecule has 0 bridgehead atoms. The predicted octanol–water partition coefficient (Wildman–Crippen LogP) is 2.31. The number of hydrogen-bond donors (Lipinski definition) is 2. The summed E-state index contributed by atoms with van der Waals surface area (Å²) in [7, 11) is 0. The molecule has 8 heteroatoms. The van der Waals surface area contributed by atoms with Gasteiger partial charge in [-0.3, -0.25) is 9.89 Å². The SMILES string of the molecule is O=C(Cc1ccn[nH]1)N1C[C@@H](O)C[C@H]1c1ccccc1C(F)(F)F. The smallest absolute Gasteiger partial charge is 0.391 e. The molecule has 1 saturated heterocycles. The topological polar surface area (TPSA) is 69.2 Å². The average Bonchev–Trinajstić information content (AvgIpc) is 3.15. The second kappa shape index (κ2) is 6.27. The van der Waals surface area contributed by atoms with Gasteiger partial charge in [0.25, 0.3) is 0 Å². The zero-order valence-corrected chi connectivity index (χ0v) is 12.6. The Balaban J connectivity index is 1.90. The number of β-amino-alcohol motifs (C(OH)–C–C–N with tert-alkyl or cyclic N) is 1. The van der Waals surface area contributed by atoms with Crippen LogP contribution in [0.4, 0.5) is 13.2 Å². The summed E-state index contributed by atoms with van der Waals surface area (Å²) in [5.41, 5.74) is -0.188. The van der Waals surface area contributed by atoms with Crippen LogP contribution in [0.15, 0.2) is 36.5 Å². The molecule has 2 heterocycles. The number of benzene rings is 1. The number of halogens is 3. The molecule has 0 spiro atoms. The van der Waals surface area contributed by atoms with E-state index in [1.54, 1.807) is 6.07 Å². The number of aliphatic hydroxyl groups excluding tert-OH is 1. The molecule has 1 amide bonds. The van der Waals surface area contributed by atoms with Crippen molar-refractivity contribution < 1.29 is 23.1 Å². The summed E-state index contributed by atoms with van der Waals surface area (Å²) in [6, 6.07) is 6.01. The fourth-order valence-corrected chi connectivity index (χ4v) is 3.08. The third-order valence-corrected chi connectivity index (χ3v) is 4.12. The Kier molecular flexibility index (Phi) is 4.31. The summed E-state index contributed by atoms with van der Waals surface area (Å²) >= 11 is 0. The van der Waals surface area contributed by atoms with Crippen molar-refractivity contribution >= 4 is 5.91 Å². The Labute approximate surface area is 136 Å². The Bertz CT molecular complexity index is 716. The van der Waals surface area contributed by atoms with Crippen molar-refractivity contribution in [2.75, 3.05) is 6.54 Å². The number of rotatable bonds is 3. The van der Waals surface area contributed by atoms with E-state index in [0.717, 1.165) is 6.07 Å². The molecule has 0 unspecified atom stereocenters. The van der Waals surface area contributed by atoms with Gasteiger partial charge in [-0.25, -0.2) is 0 Å². The number of aromatic amines is 1. The van der Waals surface area contributed by atoms with Gasteiger partial charge in [-0.05, 0) is 24.1 Å². The number of likely N-dealkylation sites (tertiary alicyclic amines) is 1. The van der Waals surface area contributed by atoms with Crippen LogP contribution < -0.4 is 0 Å². The molecule has 0 aliphatic carbocycles. The molecule has 1 fully saturated rings. The van der Waals surface area contributed by atoms with Crippen LogP contribution in [-0.2, 0) is 17.4 Å². The Hall–Kier alpha value is -2.35. The minimum atomic E-state index is -4.51. The summed E-state index contributed by atoms with van der Waals surface area (Å²) in [5.74, 6) is -0.349. The van der Waals surface area contributed by atoms with Gasteiger partial charge in [0.15, 0.2) is 0 Å². The van der Waals surface area contributed by atoms with E-state index in [4.69, 9.17) is 0 Å². The monoisotopic (exact) mass is 339 g/mol. The lowest BCUT2D eigenvalue weighted by atomic mass is 9.97. The largest absolute Gasteiger partial charge is 0.416 e. The summed E-state index contributed by atoms with van der Waals surface area (Å²) < 4.78 is 39.8. The van der Waals surface area contributed by atoms with Crippen LogP contribution in [0.25, 0.3) is 0 Å². The maximum Gasteiger partial charge on any atom is 0.416 e. The Morgan fingerprint density at radius 3 is 2.75 bits per heavy atom. The number of amides is 1. The fraction of sp³-hybridized carbons (Fsp3) is 0.375. The molecule has 24 heavy (non-hydrogen) atoms. The van der Waals surface area contributed by atoms with Gasteiger partial charge in [-0.2, -0.15) is 18.3 Å². The van der Waals surface area contributed by atoms with Gasteiger partial charge in [0.05, 0.1) is 24.1 Å². The lowest BCUT2D eigenvalue weighted by Crippen LogP contribution is -2.33. The van der Waals surface area contributed by atoms with Crippen LogP contribution in [0, 0.1) is 0 Å². The number of hydrogen-bond acceptors (Lipinski definition) is 3. The van der Waals surface area contributed by atoms with Gasteiger partial charge in [-0.1, -0.05) is 18.2 Å². The van der Waals surface area contributed by atoms with E-state index in [9.17, 15) is 23.1 Å². The lowest BCUT2D eigenvalue weighted by molar-refractivity contribution is -0.140. The van der Waals surface area contributed by atoms with E-state index in [0.29, 0.717) is 5.69 Å². The number of nitrogens with zero attached hydrogens (tertiary/aromatic N) is 2. The highest BCUT2D eigenvalue weighted by atomic mass is 19.4. The molecule has 2 aromatic rings. The van der Waals surface area contributed by atoms with Crippen LogP contribution in [0.2, 0.25) is 0 Å². The van der Waals surface area contributed by atoms with Crippen molar-refractivity contribution in [3.63, 3.8) is 0 Å². The summed E-state index contributed by atoms with van der Waals surface area (Å²) in [6.45, 7) is 0.0177. The molecule has 5 nitrogen and oxygen atoms in total. The molecule has 2 atom stereocenters. The molecule has 128 valence electrons. The van der Waals surface area contributed by atoms with Crippen LogP contribution in [-0.4, -0.2) is 38.8 Å². The number of H-pyrrole nitrogens is 1. The van der Waals surface area contributed by atoms with Crippen LogP contribution in [0.5, 0.6) is 0 Å². The van der Waals surface area contributed by atoms with Crippen LogP contribution >= 0.6 is 0 Å². The van der Waals surface area contributed by atoms with E-state index in [1.165, 1.54) is 29.3 Å². The maximum absolute atomic E-state index is 13.3. The zero-order chi connectivity index (χ0) is 17.3. The van der Waals surface area contributed by atoms with E-state index in [2.05, 4.69) is 10.2 Å². The first-order valence-corrected chi connectivity index (χ1v) is 7.48. The first-order chi connectivity index (χ1) is 11.4. The van der Waals surface area contributed by atoms with Crippen molar-refractivity contribution in [3.05, 3.63) is 53.3 Å². The molecule has 1 aliphatic rings. The van der Waals surface area contributed by atoms with Crippen molar-refractivity contribution in [3.8, 4) is 0 Å². The molecule has 2 N–H and O–H groups in total. The number of aromatic nitrogens is 2. The summed E-state index contributed by atoms with van der Waals surface area (Å²) in [4.78, 5) is 13.8. The first kappa shape index (κ1) is 16.5. The van der Waals surface area contributed by atoms with Crippen LogP contribution in [0.1, 0.15) is 29.3 Å². The van der Waals surface area contributed by atoms with E-state index < -0.39 is 23.9 Å². The van der Waals surface area contributed by atoms with Gasteiger partial charge in [0.1, 0.15) is 0 Å². The van der Waals surface area contributed by atoms with Gasteiger partial charge < -0.3 is 10.0 Å². The first-order valence-electron chi connectivity index (χ1n) is 7.48. The van der Waals surface area contributed by atoms with E-state index >= 15 is 0 Å². The zero-order valence-electron chi connectivity index (χ0n) is 12.6. The molecular formula is C16H16F3N3O2. The van der Waals surface area contributed by atoms with E-state index in [1.807, 2.05) is 0 Å². The van der Waals surface area contributed by atoms with Crippen molar-refractivity contribution in [1.29, 1.82) is 0 Å². The number of carbonyl (C=O) groups is 1. The Morgan fingerprint density at radius 1 is 1.33 bits per heavy atom. The molecular weight excluding hydrogens is 323 g/mol. The number of carbonyl (C=O) groups excluding carboxylic acids is 1. The highest BCUT2D eigenvalue weighted by molar-refractivity contribution is 5.79. The standard InChI is InChI=1S/C16H16F3N3O2/c17-16(18,19)13-4-2-1-3-12(13)14-8-11(23)9-22(14)15(24)7-10-5-6-20-21-10/h1-6,11,14,23H,7-9H2,(H,20,21)/t11-,14-/m0/s1. The highest BCUT2D eigenvalue weighted by Gasteiger charge is 2.41. The molecule has 1 aliphatic heterocycles. The fourth-order valence-electron chi connectivity index (χ4n) is 3.08. The second-order valence-corrected chi connectivity index (χ2v) is 5.80. The molecule has 3 rings (SSSR count). The Morgan fingerprint density at radius 2 is 2.08 bits per heavy atom. The van der Waals surface area contributed by atoms with Gasteiger partial charge in [-0.15, -0.1) is 0 Å². The molecule has 1 aromatic carbocycles. The third-order valence-electron chi connectivity index (χ3n) is 4.12. The van der Waals surface area contributed by atoms with Crippen LogP contribution in [0.3, 0.4) is 0 Å². The van der Waals surface area contributed by atoms with Gasteiger partial charge in [0.2, 0.25) is 5.91 Å². The minimum absolute atomic E-state index is 0.00257. The third kappa shape index (κ3) is 3.28. The lowest BCUT2D eigenvalue weighted by Gasteiger charge is -2.27. The highest BCUT2D eigenvalue weighted by Crippen LogP contribution is 2.40. The van der Waals surface area contributed by atoms with Crippen molar-refractivity contribution in [2.45, 2.75) is 31.2 Å². The van der Waals surface area contributed by atoms with Gasteiger partial charge >= 0.3 is 6.18 Å². The summed E-state index contributed by atoms with van der Waals surface area (Å²) in [6.07, 6.45) is -3.78. The predicted molar refractivity (Wildman–Crippen MR) is 78.8 cm³/mol. The maximum atomic E-state index is 13.3. The quantitative estimate of drug-likeness (QED) is 0.902.